The Kier molecular flexibility index (Phi) is 4.39. The van der Waals surface area contributed by atoms with Gasteiger partial charge in [0, 0.05) is 22.3 Å². The van der Waals surface area contributed by atoms with Crippen molar-refractivity contribution in [2.45, 2.75) is 0 Å². The quantitative estimate of drug-likeness (QED) is 0.369. The highest BCUT2D eigenvalue weighted by Crippen LogP contribution is 2.36. The molecule has 1 aromatic carbocycles. The second-order valence-electron chi connectivity index (χ2n) is 3.86. The van der Waals surface area contributed by atoms with Crippen LogP contribution in [0.4, 0.5) is 5.69 Å². The number of rotatable bonds is 4. The molecule has 2 rings (SSSR count). The summed E-state index contributed by atoms with van der Waals surface area (Å²) >= 11 is 9.18. The molecule has 108 valence electrons. The van der Waals surface area contributed by atoms with Crippen LogP contribution in [0.15, 0.2) is 34.9 Å². The van der Waals surface area contributed by atoms with Gasteiger partial charge in [-0.2, -0.15) is 0 Å². The highest BCUT2D eigenvalue weighted by molar-refractivity contribution is 9.10. The first-order valence-corrected chi connectivity index (χ1v) is 6.68. The SMILES string of the molecule is N=C(N)c1ccnc(Oc2ccc(Br)cc2[N+](=O)[O-])c1Cl. The largest absolute Gasteiger partial charge is 0.430 e. The van der Waals surface area contributed by atoms with Gasteiger partial charge in [-0.15, -0.1) is 0 Å². The first-order chi connectivity index (χ1) is 9.90. The van der Waals surface area contributed by atoms with Gasteiger partial charge in [-0.25, -0.2) is 4.98 Å². The number of nitro groups is 1. The Morgan fingerprint density at radius 2 is 2.19 bits per heavy atom. The van der Waals surface area contributed by atoms with Gasteiger partial charge in [0.2, 0.25) is 11.6 Å². The van der Waals surface area contributed by atoms with E-state index in [2.05, 4.69) is 20.9 Å². The van der Waals surface area contributed by atoms with Crippen molar-refractivity contribution in [3.8, 4) is 11.6 Å². The van der Waals surface area contributed by atoms with Gasteiger partial charge in [-0.05, 0) is 18.2 Å². The Morgan fingerprint density at radius 1 is 1.48 bits per heavy atom. The molecule has 9 heteroatoms. The molecule has 21 heavy (non-hydrogen) atoms. The lowest BCUT2D eigenvalue weighted by Gasteiger charge is -2.09. The lowest BCUT2D eigenvalue weighted by Crippen LogP contribution is -2.12. The minimum atomic E-state index is -0.581. The smallest absolute Gasteiger partial charge is 0.312 e. The summed E-state index contributed by atoms with van der Waals surface area (Å²) in [6.45, 7) is 0. The van der Waals surface area contributed by atoms with Crippen molar-refractivity contribution in [3.63, 3.8) is 0 Å². The van der Waals surface area contributed by atoms with E-state index in [0.717, 1.165) is 0 Å². The normalized spacial score (nSPS) is 10.2. The van der Waals surface area contributed by atoms with Gasteiger partial charge in [-0.1, -0.05) is 27.5 Å². The molecule has 0 saturated heterocycles. The van der Waals surface area contributed by atoms with Crippen molar-refractivity contribution in [2.75, 3.05) is 0 Å². The Morgan fingerprint density at radius 3 is 2.81 bits per heavy atom. The summed E-state index contributed by atoms with van der Waals surface area (Å²) in [6.07, 6.45) is 1.35. The molecular weight excluding hydrogens is 364 g/mol. The maximum absolute atomic E-state index is 11.0. The van der Waals surface area contributed by atoms with Crippen LogP contribution in [0.25, 0.3) is 0 Å². The van der Waals surface area contributed by atoms with Gasteiger partial charge in [-0.3, -0.25) is 15.5 Å². The number of aromatic nitrogens is 1. The zero-order chi connectivity index (χ0) is 15.6. The summed E-state index contributed by atoms with van der Waals surface area (Å²) in [5.74, 6) is -0.328. The number of hydrogen-bond donors (Lipinski definition) is 2. The topological polar surface area (TPSA) is 115 Å². The molecule has 0 saturated carbocycles. The van der Waals surface area contributed by atoms with Crippen LogP contribution in [0, 0.1) is 15.5 Å². The Balaban J connectivity index is 2.46. The summed E-state index contributed by atoms with van der Waals surface area (Å²) in [5, 5.41) is 18.4. The highest BCUT2D eigenvalue weighted by atomic mass is 79.9. The molecule has 7 nitrogen and oxygen atoms in total. The molecule has 0 aliphatic heterocycles. The number of ether oxygens (including phenoxy) is 1. The van der Waals surface area contributed by atoms with E-state index in [1.54, 1.807) is 6.07 Å². The molecule has 0 bridgehead atoms. The number of halogens is 2. The molecule has 3 N–H and O–H groups in total. The van der Waals surface area contributed by atoms with Crippen molar-refractivity contribution >= 4 is 39.1 Å². The number of benzene rings is 1. The third kappa shape index (κ3) is 3.29. The first-order valence-electron chi connectivity index (χ1n) is 5.51. The maximum atomic E-state index is 11.0. The van der Waals surface area contributed by atoms with Gasteiger partial charge >= 0.3 is 5.69 Å². The lowest BCUT2D eigenvalue weighted by atomic mass is 10.2. The molecule has 2 aromatic rings. The summed E-state index contributed by atoms with van der Waals surface area (Å²) < 4.78 is 5.93. The molecule has 0 aliphatic rings. The summed E-state index contributed by atoms with van der Waals surface area (Å²) in [5.41, 5.74) is 5.37. The number of nitrogens with zero attached hydrogens (tertiary/aromatic N) is 2. The van der Waals surface area contributed by atoms with E-state index in [-0.39, 0.29) is 33.7 Å². The van der Waals surface area contributed by atoms with Crippen LogP contribution < -0.4 is 10.5 Å². The third-order valence-corrected chi connectivity index (χ3v) is 3.33. The van der Waals surface area contributed by atoms with E-state index in [1.165, 1.54) is 24.4 Å². The highest BCUT2D eigenvalue weighted by Gasteiger charge is 2.19. The van der Waals surface area contributed by atoms with Gasteiger partial charge in [0.1, 0.15) is 10.9 Å². The molecule has 0 atom stereocenters. The monoisotopic (exact) mass is 370 g/mol. The van der Waals surface area contributed by atoms with Crippen LogP contribution in [-0.4, -0.2) is 15.7 Å². The molecular formula is C12H8BrClN4O3. The third-order valence-electron chi connectivity index (χ3n) is 2.47. The number of amidine groups is 1. The van der Waals surface area contributed by atoms with Crippen LogP contribution >= 0.6 is 27.5 Å². The van der Waals surface area contributed by atoms with Crippen molar-refractivity contribution in [2.24, 2.45) is 5.73 Å². The molecule has 1 aromatic heterocycles. The molecule has 0 unspecified atom stereocenters. The number of nitrogen functional groups attached to an aromatic ring is 1. The fraction of sp³-hybridized carbons (Fsp3) is 0. The number of pyridine rings is 1. The molecule has 0 fully saturated rings. The summed E-state index contributed by atoms with van der Waals surface area (Å²) in [7, 11) is 0. The fourth-order valence-corrected chi connectivity index (χ4v) is 2.13. The Bertz CT molecular complexity index is 738. The molecule has 0 aliphatic carbocycles. The van der Waals surface area contributed by atoms with E-state index in [0.29, 0.717) is 4.47 Å². The second kappa shape index (κ2) is 6.06. The number of nitrogens with one attached hydrogen (secondary N) is 1. The van der Waals surface area contributed by atoms with Gasteiger partial charge in [0.05, 0.1) is 4.92 Å². The average molecular weight is 372 g/mol. The number of hydrogen-bond acceptors (Lipinski definition) is 5. The van der Waals surface area contributed by atoms with Crippen LogP contribution in [-0.2, 0) is 0 Å². The predicted molar refractivity (Wildman–Crippen MR) is 81.1 cm³/mol. The van der Waals surface area contributed by atoms with E-state index >= 15 is 0 Å². The van der Waals surface area contributed by atoms with E-state index in [9.17, 15) is 10.1 Å². The predicted octanol–water partition coefficient (Wildman–Crippen LogP) is 3.48. The van der Waals surface area contributed by atoms with Crippen LogP contribution in [0.1, 0.15) is 5.56 Å². The Labute approximate surface area is 132 Å². The zero-order valence-corrected chi connectivity index (χ0v) is 12.7. The van der Waals surface area contributed by atoms with Crippen molar-refractivity contribution in [1.29, 1.82) is 5.41 Å². The van der Waals surface area contributed by atoms with Crippen molar-refractivity contribution in [1.82, 2.24) is 4.98 Å². The van der Waals surface area contributed by atoms with Crippen LogP contribution in [0.2, 0.25) is 5.02 Å². The van der Waals surface area contributed by atoms with E-state index in [1.807, 2.05) is 0 Å². The zero-order valence-electron chi connectivity index (χ0n) is 10.3. The summed E-state index contributed by atoms with van der Waals surface area (Å²) in [6, 6.07) is 5.76. The molecule has 0 radical (unpaired) electrons. The molecule has 0 amide bonds. The van der Waals surface area contributed by atoms with Crippen molar-refractivity contribution < 1.29 is 9.66 Å². The van der Waals surface area contributed by atoms with Crippen LogP contribution in [0.5, 0.6) is 11.6 Å². The molecule has 0 spiro atoms. The molecule has 1 heterocycles. The van der Waals surface area contributed by atoms with Gasteiger partial charge in [0.15, 0.2) is 0 Å². The van der Waals surface area contributed by atoms with E-state index in [4.69, 9.17) is 27.5 Å². The number of nitrogens with two attached hydrogens (primary N) is 1. The lowest BCUT2D eigenvalue weighted by molar-refractivity contribution is -0.385. The average Bonchev–Trinajstić information content (AvgIpc) is 2.42. The minimum Gasteiger partial charge on any atom is -0.430 e. The maximum Gasteiger partial charge on any atom is 0.312 e. The Hall–Kier alpha value is -2.19. The van der Waals surface area contributed by atoms with E-state index < -0.39 is 4.92 Å². The van der Waals surface area contributed by atoms with Crippen LogP contribution in [0.3, 0.4) is 0 Å². The first kappa shape index (κ1) is 15.2. The summed E-state index contributed by atoms with van der Waals surface area (Å²) in [4.78, 5) is 14.3. The van der Waals surface area contributed by atoms with Gasteiger partial charge in [0.25, 0.3) is 0 Å². The van der Waals surface area contributed by atoms with Crippen molar-refractivity contribution in [3.05, 3.63) is 55.6 Å². The minimum absolute atomic E-state index is 0.0155. The standard InChI is InChI=1S/C12H8BrClN4O3/c13-6-1-2-9(8(5-6)18(19)20)21-12-10(14)7(11(15)16)3-4-17-12/h1-5H,(H3,15,16). The fourth-order valence-electron chi connectivity index (χ4n) is 1.53. The second-order valence-corrected chi connectivity index (χ2v) is 5.16. The van der Waals surface area contributed by atoms with Gasteiger partial charge < -0.3 is 10.5 Å². The number of nitro benzene ring substituents is 1.